The second-order valence-corrected chi connectivity index (χ2v) is 4.78. The van der Waals surface area contributed by atoms with Crippen LogP contribution in [0.25, 0.3) is 0 Å². The van der Waals surface area contributed by atoms with Crippen molar-refractivity contribution in [2.45, 2.75) is 38.5 Å². The molecule has 0 aromatic heterocycles. The first-order valence-electron chi connectivity index (χ1n) is 6.18. The van der Waals surface area contributed by atoms with E-state index in [4.69, 9.17) is 10.5 Å². The highest BCUT2D eigenvalue weighted by Crippen LogP contribution is 2.36. The molecule has 16 heavy (non-hydrogen) atoms. The Balaban J connectivity index is 2.19. The Morgan fingerprint density at radius 2 is 2.12 bits per heavy atom. The summed E-state index contributed by atoms with van der Waals surface area (Å²) < 4.78 is 4.91. The molecule has 4 heteroatoms. The van der Waals surface area contributed by atoms with Crippen LogP contribution in [0.15, 0.2) is 0 Å². The summed E-state index contributed by atoms with van der Waals surface area (Å²) in [6.45, 7) is 2.08. The Bertz CT molecular complexity index is 213. The van der Waals surface area contributed by atoms with Crippen LogP contribution in [0.5, 0.6) is 0 Å². The minimum absolute atomic E-state index is 0.122. The van der Waals surface area contributed by atoms with Crippen LogP contribution in [0.4, 0.5) is 0 Å². The third kappa shape index (κ3) is 4.10. The van der Waals surface area contributed by atoms with Crippen molar-refractivity contribution < 1.29 is 9.53 Å². The molecule has 94 valence electrons. The minimum atomic E-state index is 0.122. The van der Waals surface area contributed by atoms with E-state index >= 15 is 0 Å². The molecule has 1 aliphatic carbocycles. The summed E-state index contributed by atoms with van der Waals surface area (Å²) in [5, 5.41) is 3.00. The van der Waals surface area contributed by atoms with Crippen LogP contribution in [0, 0.1) is 5.41 Å². The summed E-state index contributed by atoms with van der Waals surface area (Å²) in [5.74, 6) is 0.122. The molecule has 0 spiro atoms. The van der Waals surface area contributed by atoms with Gasteiger partial charge in [-0.2, -0.15) is 0 Å². The number of nitrogens with two attached hydrogens (primary N) is 1. The van der Waals surface area contributed by atoms with Crippen molar-refractivity contribution in [3.63, 3.8) is 0 Å². The number of hydrogen-bond acceptors (Lipinski definition) is 3. The number of carbonyl (C=O) groups is 1. The molecule has 1 rings (SSSR count). The number of carbonyl (C=O) groups excluding carboxylic acids is 1. The van der Waals surface area contributed by atoms with Crippen LogP contribution in [0.1, 0.15) is 38.5 Å². The third-order valence-corrected chi connectivity index (χ3v) is 3.51. The molecule has 1 fully saturated rings. The normalized spacial score (nSPS) is 18.6. The first kappa shape index (κ1) is 13.5. The Morgan fingerprint density at radius 3 is 2.69 bits per heavy atom. The van der Waals surface area contributed by atoms with Crippen molar-refractivity contribution in [3.05, 3.63) is 0 Å². The van der Waals surface area contributed by atoms with Crippen LogP contribution in [0.2, 0.25) is 0 Å². The molecule has 0 saturated heterocycles. The topological polar surface area (TPSA) is 64.3 Å². The highest BCUT2D eigenvalue weighted by molar-refractivity contribution is 5.75. The van der Waals surface area contributed by atoms with Crippen LogP contribution in [0.3, 0.4) is 0 Å². The summed E-state index contributed by atoms with van der Waals surface area (Å²) in [7, 11) is 1.65. The highest BCUT2D eigenvalue weighted by Gasteiger charge is 2.32. The molecule has 1 saturated carbocycles. The molecule has 0 unspecified atom stereocenters. The van der Waals surface area contributed by atoms with Gasteiger partial charge in [-0.3, -0.25) is 4.79 Å². The van der Waals surface area contributed by atoms with Gasteiger partial charge in [0.25, 0.3) is 0 Å². The van der Waals surface area contributed by atoms with Gasteiger partial charge in [-0.05, 0) is 31.2 Å². The summed E-state index contributed by atoms with van der Waals surface area (Å²) in [5.41, 5.74) is 5.98. The second kappa shape index (κ2) is 6.86. The van der Waals surface area contributed by atoms with Gasteiger partial charge < -0.3 is 15.8 Å². The Labute approximate surface area is 97.9 Å². The van der Waals surface area contributed by atoms with Gasteiger partial charge in [0.15, 0.2) is 0 Å². The minimum Gasteiger partial charge on any atom is -0.385 e. The maximum atomic E-state index is 11.5. The SMILES string of the molecule is COCCCC(=O)NCC1(CN)CCCC1. The maximum Gasteiger partial charge on any atom is 0.220 e. The van der Waals surface area contributed by atoms with Crippen LogP contribution in [-0.2, 0) is 9.53 Å². The molecule has 0 aromatic carbocycles. The van der Waals surface area contributed by atoms with E-state index in [-0.39, 0.29) is 11.3 Å². The highest BCUT2D eigenvalue weighted by atomic mass is 16.5. The van der Waals surface area contributed by atoms with E-state index in [9.17, 15) is 4.79 Å². The fourth-order valence-corrected chi connectivity index (χ4v) is 2.33. The van der Waals surface area contributed by atoms with Crippen molar-refractivity contribution in [2.75, 3.05) is 26.8 Å². The summed E-state index contributed by atoms with van der Waals surface area (Å²) in [6.07, 6.45) is 6.14. The quantitative estimate of drug-likeness (QED) is 0.640. The first-order chi connectivity index (χ1) is 7.72. The predicted octanol–water partition coefficient (Wildman–Crippen LogP) is 1.05. The number of ether oxygens (including phenoxy) is 1. The molecule has 3 N–H and O–H groups in total. The molecule has 0 heterocycles. The molecular formula is C12H24N2O2. The van der Waals surface area contributed by atoms with Gasteiger partial charge in [-0.25, -0.2) is 0 Å². The molecule has 0 aliphatic heterocycles. The van der Waals surface area contributed by atoms with Crippen molar-refractivity contribution in [3.8, 4) is 0 Å². The van der Waals surface area contributed by atoms with Gasteiger partial charge in [0.2, 0.25) is 5.91 Å². The Kier molecular flexibility index (Phi) is 5.77. The largest absolute Gasteiger partial charge is 0.385 e. The van der Waals surface area contributed by atoms with Gasteiger partial charge in [-0.1, -0.05) is 12.8 Å². The second-order valence-electron chi connectivity index (χ2n) is 4.78. The number of rotatable bonds is 7. The first-order valence-corrected chi connectivity index (χ1v) is 6.18. The Hall–Kier alpha value is -0.610. The van der Waals surface area contributed by atoms with E-state index in [1.54, 1.807) is 7.11 Å². The van der Waals surface area contributed by atoms with Crippen molar-refractivity contribution in [1.29, 1.82) is 0 Å². The molecule has 0 bridgehead atoms. The summed E-state index contributed by atoms with van der Waals surface area (Å²) in [6, 6.07) is 0. The smallest absolute Gasteiger partial charge is 0.220 e. The lowest BCUT2D eigenvalue weighted by Crippen LogP contribution is -2.40. The molecule has 0 atom stereocenters. The molecular weight excluding hydrogens is 204 g/mol. The van der Waals surface area contributed by atoms with Crippen molar-refractivity contribution in [2.24, 2.45) is 11.1 Å². The average Bonchev–Trinajstić information content (AvgIpc) is 2.76. The predicted molar refractivity (Wildman–Crippen MR) is 64.1 cm³/mol. The van der Waals surface area contributed by atoms with E-state index in [1.165, 1.54) is 12.8 Å². The zero-order valence-electron chi connectivity index (χ0n) is 10.3. The van der Waals surface area contributed by atoms with Gasteiger partial charge in [0.05, 0.1) is 0 Å². The van der Waals surface area contributed by atoms with E-state index in [1.807, 2.05) is 0 Å². The van der Waals surface area contributed by atoms with E-state index in [0.717, 1.165) is 25.8 Å². The number of methoxy groups -OCH3 is 1. The van der Waals surface area contributed by atoms with Gasteiger partial charge >= 0.3 is 0 Å². The van der Waals surface area contributed by atoms with Gasteiger partial charge in [0.1, 0.15) is 0 Å². The number of hydrogen-bond donors (Lipinski definition) is 2. The van der Waals surface area contributed by atoms with E-state index < -0.39 is 0 Å². The summed E-state index contributed by atoms with van der Waals surface area (Å²) >= 11 is 0. The van der Waals surface area contributed by atoms with Crippen molar-refractivity contribution >= 4 is 5.91 Å². The molecule has 0 aromatic rings. The van der Waals surface area contributed by atoms with Gasteiger partial charge in [-0.15, -0.1) is 0 Å². The lowest BCUT2D eigenvalue weighted by molar-refractivity contribution is -0.121. The average molecular weight is 228 g/mol. The fourth-order valence-electron chi connectivity index (χ4n) is 2.33. The maximum absolute atomic E-state index is 11.5. The van der Waals surface area contributed by atoms with Crippen LogP contribution < -0.4 is 11.1 Å². The molecule has 4 nitrogen and oxygen atoms in total. The van der Waals surface area contributed by atoms with Crippen LogP contribution in [-0.4, -0.2) is 32.7 Å². The standard InChI is InChI=1S/C12H24N2O2/c1-16-8-4-5-11(15)14-10-12(9-13)6-2-3-7-12/h2-10,13H2,1H3,(H,14,15). The lowest BCUT2D eigenvalue weighted by atomic mass is 9.86. The van der Waals surface area contributed by atoms with Crippen LogP contribution >= 0.6 is 0 Å². The molecule has 1 aliphatic rings. The summed E-state index contributed by atoms with van der Waals surface area (Å²) in [4.78, 5) is 11.5. The lowest BCUT2D eigenvalue weighted by Gasteiger charge is -2.27. The zero-order chi connectivity index (χ0) is 11.9. The number of nitrogens with one attached hydrogen (secondary N) is 1. The monoisotopic (exact) mass is 228 g/mol. The van der Waals surface area contributed by atoms with Gasteiger partial charge in [0, 0.05) is 26.7 Å². The molecule has 0 radical (unpaired) electrons. The van der Waals surface area contributed by atoms with Crippen molar-refractivity contribution in [1.82, 2.24) is 5.32 Å². The van der Waals surface area contributed by atoms with E-state index in [0.29, 0.717) is 19.6 Å². The fraction of sp³-hybridized carbons (Fsp3) is 0.917. The van der Waals surface area contributed by atoms with E-state index in [2.05, 4.69) is 5.32 Å². The number of amides is 1. The Morgan fingerprint density at radius 1 is 1.44 bits per heavy atom. The zero-order valence-corrected chi connectivity index (χ0v) is 10.3. The third-order valence-electron chi connectivity index (χ3n) is 3.51. The molecule has 1 amide bonds.